The van der Waals surface area contributed by atoms with Crippen LogP contribution in [0.2, 0.25) is 0 Å². The molecule has 0 fully saturated rings. The standard InChI is InChI=1S/C11H11N3O3/c1-14-10(7(6-12-14)11(15)16)8-4-3-5-9(13-8)17-2/h3-6H,1-2H3,(H,15,16). The van der Waals surface area contributed by atoms with Crippen LogP contribution in [-0.2, 0) is 7.05 Å². The van der Waals surface area contributed by atoms with Crippen molar-refractivity contribution in [2.45, 2.75) is 0 Å². The molecule has 0 saturated carbocycles. The van der Waals surface area contributed by atoms with Gasteiger partial charge < -0.3 is 9.84 Å². The molecule has 6 nitrogen and oxygen atoms in total. The van der Waals surface area contributed by atoms with Crippen LogP contribution in [0.3, 0.4) is 0 Å². The Kier molecular flexibility index (Phi) is 2.78. The van der Waals surface area contributed by atoms with Crippen LogP contribution in [0.15, 0.2) is 24.4 Å². The van der Waals surface area contributed by atoms with Gasteiger partial charge in [0, 0.05) is 13.1 Å². The fourth-order valence-corrected chi connectivity index (χ4v) is 1.56. The van der Waals surface area contributed by atoms with Crippen LogP contribution in [0.5, 0.6) is 5.88 Å². The van der Waals surface area contributed by atoms with E-state index in [9.17, 15) is 4.79 Å². The maximum Gasteiger partial charge on any atom is 0.339 e. The number of carboxylic acid groups (broad SMARTS) is 1. The zero-order valence-electron chi connectivity index (χ0n) is 9.41. The lowest BCUT2D eigenvalue weighted by molar-refractivity contribution is 0.0697. The van der Waals surface area contributed by atoms with Gasteiger partial charge in [-0.2, -0.15) is 5.10 Å². The fraction of sp³-hybridized carbons (Fsp3) is 0.182. The molecule has 0 amide bonds. The zero-order chi connectivity index (χ0) is 12.4. The Balaban J connectivity index is 2.59. The monoisotopic (exact) mass is 233 g/mol. The quantitative estimate of drug-likeness (QED) is 0.861. The molecule has 0 bridgehead atoms. The van der Waals surface area contributed by atoms with Gasteiger partial charge in [-0.1, -0.05) is 6.07 Å². The Bertz CT molecular complexity index is 563. The lowest BCUT2D eigenvalue weighted by Crippen LogP contribution is -2.02. The van der Waals surface area contributed by atoms with Crippen LogP contribution in [-0.4, -0.2) is 33.0 Å². The normalized spacial score (nSPS) is 10.2. The summed E-state index contributed by atoms with van der Waals surface area (Å²) in [5, 5.41) is 13.0. The minimum absolute atomic E-state index is 0.119. The first kappa shape index (κ1) is 11.1. The Morgan fingerprint density at radius 3 is 2.88 bits per heavy atom. The molecule has 0 aliphatic carbocycles. The number of aromatic nitrogens is 3. The predicted molar refractivity (Wildman–Crippen MR) is 60.0 cm³/mol. The molecule has 0 aliphatic heterocycles. The number of aromatic carboxylic acids is 1. The topological polar surface area (TPSA) is 77.2 Å². The van der Waals surface area contributed by atoms with Crippen molar-refractivity contribution >= 4 is 5.97 Å². The van der Waals surface area contributed by atoms with E-state index in [1.54, 1.807) is 25.2 Å². The molecule has 0 spiro atoms. The van der Waals surface area contributed by atoms with Gasteiger partial charge in [0.1, 0.15) is 11.3 Å². The number of hydrogen-bond donors (Lipinski definition) is 1. The van der Waals surface area contributed by atoms with Gasteiger partial charge in [-0.05, 0) is 6.07 Å². The molecule has 0 unspecified atom stereocenters. The molecule has 88 valence electrons. The van der Waals surface area contributed by atoms with Crippen molar-refractivity contribution in [3.05, 3.63) is 30.0 Å². The van der Waals surface area contributed by atoms with Crippen LogP contribution in [0.1, 0.15) is 10.4 Å². The molecule has 6 heteroatoms. The van der Waals surface area contributed by atoms with Crippen molar-refractivity contribution < 1.29 is 14.6 Å². The largest absolute Gasteiger partial charge is 0.481 e. The minimum atomic E-state index is -1.03. The van der Waals surface area contributed by atoms with Gasteiger partial charge in [-0.3, -0.25) is 4.68 Å². The summed E-state index contributed by atoms with van der Waals surface area (Å²) in [4.78, 5) is 15.2. The Labute approximate surface area is 97.5 Å². The first-order valence-corrected chi connectivity index (χ1v) is 4.90. The first-order chi connectivity index (χ1) is 8.13. The fourth-order valence-electron chi connectivity index (χ4n) is 1.56. The second-order valence-electron chi connectivity index (χ2n) is 3.40. The number of pyridine rings is 1. The summed E-state index contributed by atoms with van der Waals surface area (Å²) in [5.74, 6) is -0.599. The van der Waals surface area contributed by atoms with Gasteiger partial charge >= 0.3 is 5.97 Å². The summed E-state index contributed by atoms with van der Waals surface area (Å²) in [7, 11) is 3.18. The Hall–Kier alpha value is -2.37. The average Bonchev–Trinajstić information content (AvgIpc) is 2.71. The molecular weight excluding hydrogens is 222 g/mol. The first-order valence-electron chi connectivity index (χ1n) is 4.90. The summed E-state index contributed by atoms with van der Waals surface area (Å²) in [6.45, 7) is 0. The lowest BCUT2D eigenvalue weighted by atomic mass is 10.2. The maximum atomic E-state index is 11.1. The molecule has 1 N–H and O–H groups in total. The molecule has 2 heterocycles. The number of carbonyl (C=O) groups is 1. The second-order valence-corrected chi connectivity index (χ2v) is 3.40. The number of rotatable bonds is 3. The number of methoxy groups -OCH3 is 1. The molecule has 17 heavy (non-hydrogen) atoms. The maximum absolute atomic E-state index is 11.1. The van der Waals surface area contributed by atoms with Crippen molar-refractivity contribution in [1.82, 2.24) is 14.8 Å². The van der Waals surface area contributed by atoms with Crippen LogP contribution >= 0.6 is 0 Å². The molecule has 2 aromatic heterocycles. The lowest BCUT2D eigenvalue weighted by Gasteiger charge is -2.05. The summed E-state index contributed by atoms with van der Waals surface area (Å²) in [6.07, 6.45) is 1.30. The number of hydrogen-bond acceptors (Lipinski definition) is 4. The third-order valence-corrected chi connectivity index (χ3v) is 2.34. The predicted octanol–water partition coefficient (Wildman–Crippen LogP) is 1.19. The van der Waals surface area contributed by atoms with Gasteiger partial charge in [-0.15, -0.1) is 0 Å². The summed E-state index contributed by atoms with van der Waals surface area (Å²) in [6, 6.07) is 5.16. The second kappa shape index (κ2) is 4.25. The van der Waals surface area contributed by atoms with Gasteiger partial charge in [-0.25, -0.2) is 9.78 Å². The van der Waals surface area contributed by atoms with E-state index in [1.165, 1.54) is 18.0 Å². The highest BCUT2D eigenvalue weighted by molar-refractivity contribution is 5.94. The molecule has 2 rings (SSSR count). The number of nitrogens with zero attached hydrogens (tertiary/aromatic N) is 3. The van der Waals surface area contributed by atoms with Gasteiger partial charge in [0.05, 0.1) is 19.0 Å². The Morgan fingerprint density at radius 2 is 2.24 bits per heavy atom. The summed E-state index contributed by atoms with van der Waals surface area (Å²) < 4.78 is 6.48. The van der Waals surface area contributed by atoms with Crippen LogP contribution in [0.25, 0.3) is 11.4 Å². The van der Waals surface area contributed by atoms with E-state index in [2.05, 4.69) is 10.1 Å². The zero-order valence-corrected chi connectivity index (χ0v) is 9.41. The van der Waals surface area contributed by atoms with Crippen molar-refractivity contribution in [2.75, 3.05) is 7.11 Å². The molecule has 0 aromatic carbocycles. The third kappa shape index (κ3) is 1.96. The van der Waals surface area contributed by atoms with E-state index in [1.807, 2.05) is 0 Å². The highest BCUT2D eigenvalue weighted by atomic mass is 16.5. The number of aryl methyl sites for hydroxylation is 1. The van der Waals surface area contributed by atoms with Crippen LogP contribution in [0, 0.1) is 0 Å². The van der Waals surface area contributed by atoms with Gasteiger partial charge in [0.2, 0.25) is 5.88 Å². The molecular formula is C11H11N3O3. The Morgan fingerprint density at radius 1 is 1.47 bits per heavy atom. The highest BCUT2D eigenvalue weighted by Gasteiger charge is 2.17. The number of carboxylic acids is 1. The summed E-state index contributed by atoms with van der Waals surface area (Å²) >= 11 is 0. The average molecular weight is 233 g/mol. The van der Waals surface area contributed by atoms with E-state index < -0.39 is 5.97 Å². The molecule has 0 radical (unpaired) electrons. The van der Waals surface area contributed by atoms with E-state index >= 15 is 0 Å². The van der Waals surface area contributed by atoms with E-state index in [4.69, 9.17) is 9.84 Å². The molecule has 0 aliphatic rings. The van der Waals surface area contributed by atoms with Crippen molar-refractivity contribution in [3.8, 4) is 17.3 Å². The highest BCUT2D eigenvalue weighted by Crippen LogP contribution is 2.23. The SMILES string of the molecule is COc1cccc(-c2c(C(=O)O)cnn2C)n1. The van der Waals surface area contributed by atoms with Gasteiger partial charge in [0.15, 0.2) is 0 Å². The van der Waals surface area contributed by atoms with E-state index in [0.717, 1.165) is 0 Å². The van der Waals surface area contributed by atoms with E-state index in [0.29, 0.717) is 17.3 Å². The van der Waals surface area contributed by atoms with Crippen LogP contribution < -0.4 is 4.74 Å². The molecule has 0 saturated heterocycles. The van der Waals surface area contributed by atoms with E-state index in [-0.39, 0.29) is 5.56 Å². The minimum Gasteiger partial charge on any atom is -0.481 e. The van der Waals surface area contributed by atoms with Crippen molar-refractivity contribution in [1.29, 1.82) is 0 Å². The number of ether oxygens (including phenoxy) is 1. The van der Waals surface area contributed by atoms with Crippen molar-refractivity contribution in [2.24, 2.45) is 7.05 Å². The smallest absolute Gasteiger partial charge is 0.339 e. The van der Waals surface area contributed by atoms with Crippen LogP contribution in [0.4, 0.5) is 0 Å². The van der Waals surface area contributed by atoms with Crippen molar-refractivity contribution in [3.63, 3.8) is 0 Å². The van der Waals surface area contributed by atoms with Gasteiger partial charge in [0.25, 0.3) is 0 Å². The molecule has 0 atom stereocenters. The summed E-state index contributed by atoms with van der Waals surface area (Å²) in [5.41, 5.74) is 1.09. The molecule has 2 aromatic rings. The third-order valence-electron chi connectivity index (χ3n) is 2.34.